The van der Waals surface area contributed by atoms with E-state index in [-0.39, 0.29) is 22.2 Å². The highest BCUT2D eigenvalue weighted by atomic mass is 35.5. The molecule has 3 aromatic carbocycles. The molecule has 0 aliphatic carbocycles. The summed E-state index contributed by atoms with van der Waals surface area (Å²) in [5.74, 6) is -0.448. The largest absolute Gasteiger partial charge is 0.293 e. The number of nitro groups is 1. The van der Waals surface area contributed by atoms with Crippen molar-refractivity contribution in [1.82, 2.24) is 4.90 Å². The van der Waals surface area contributed by atoms with Gasteiger partial charge in [-0.25, -0.2) is 0 Å². The van der Waals surface area contributed by atoms with Gasteiger partial charge in [0.2, 0.25) is 0 Å². The van der Waals surface area contributed by atoms with Crippen LogP contribution in [0.2, 0.25) is 5.02 Å². The molecule has 4 rings (SSSR count). The lowest BCUT2D eigenvalue weighted by molar-refractivity contribution is -0.384. The molecule has 1 aliphatic rings. The highest BCUT2D eigenvalue weighted by Crippen LogP contribution is 2.35. The second kappa shape index (κ2) is 7.69. The Balaban J connectivity index is 1.61. The van der Waals surface area contributed by atoms with Gasteiger partial charge in [0.25, 0.3) is 16.8 Å². The van der Waals surface area contributed by atoms with E-state index in [0.29, 0.717) is 5.56 Å². The number of carbonyl (C=O) groups excluding carboxylic acids is 2. The van der Waals surface area contributed by atoms with Crippen LogP contribution in [0.4, 0.5) is 10.5 Å². The van der Waals surface area contributed by atoms with Gasteiger partial charge in [0.1, 0.15) is 0 Å². The first-order chi connectivity index (χ1) is 13.9. The molecule has 1 heterocycles. The van der Waals surface area contributed by atoms with Crippen molar-refractivity contribution in [3.05, 3.63) is 91.8 Å². The lowest BCUT2D eigenvalue weighted by Crippen LogP contribution is -2.27. The summed E-state index contributed by atoms with van der Waals surface area (Å²) in [6.45, 7) is 0.148. The Morgan fingerprint density at radius 1 is 1.03 bits per heavy atom. The minimum Gasteiger partial charge on any atom is -0.268 e. The monoisotopic (exact) mass is 424 g/mol. The number of non-ortho nitro benzene ring substituents is 1. The fourth-order valence-electron chi connectivity index (χ4n) is 3.05. The molecule has 8 heteroatoms. The maximum Gasteiger partial charge on any atom is 0.293 e. The van der Waals surface area contributed by atoms with Crippen LogP contribution in [0.5, 0.6) is 0 Å². The minimum atomic E-state index is -0.543. The van der Waals surface area contributed by atoms with E-state index in [1.54, 1.807) is 0 Å². The van der Waals surface area contributed by atoms with Crippen LogP contribution in [-0.2, 0) is 11.3 Å². The summed E-state index contributed by atoms with van der Waals surface area (Å²) in [6, 6.07) is 17.6. The Labute approximate surface area is 174 Å². The van der Waals surface area contributed by atoms with E-state index in [1.165, 1.54) is 24.3 Å². The molecule has 3 aromatic rings. The molecule has 1 fully saturated rings. The average molecular weight is 425 g/mol. The molecule has 0 spiro atoms. The van der Waals surface area contributed by atoms with Crippen LogP contribution in [0.1, 0.15) is 11.1 Å². The number of halogens is 1. The molecule has 0 atom stereocenters. The summed E-state index contributed by atoms with van der Waals surface area (Å²) in [6.07, 6.45) is 1.42. The van der Waals surface area contributed by atoms with Crippen LogP contribution >= 0.6 is 23.4 Å². The highest BCUT2D eigenvalue weighted by molar-refractivity contribution is 8.18. The zero-order chi connectivity index (χ0) is 20.5. The number of rotatable bonds is 4. The van der Waals surface area contributed by atoms with Gasteiger partial charge < -0.3 is 0 Å². The summed E-state index contributed by atoms with van der Waals surface area (Å²) in [4.78, 5) is 36.9. The topological polar surface area (TPSA) is 80.5 Å². The Kier molecular flexibility index (Phi) is 5.08. The van der Waals surface area contributed by atoms with E-state index < -0.39 is 16.1 Å². The molecule has 6 nitrogen and oxygen atoms in total. The Morgan fingerprint density at radius 3 is 2.55 bits per heavy atom. The number of fused-ring (bicyclic) bond motifs is 1. The van der Waals surface area contributed by atoms with Crippen molar-refractivity contribution in [1.29, 1.82) is 0 Å². The molecule has 1 saturated heterocycles. The van der Waals surface area contributed by atoms with Crippen LogP contribution in [0.3, 0.4) is 0 Å². The van der Waals surface area contributed by atoms with Crippen molar-refractivity contribution in [3.8, 4) is 0 Å². The lowest BCUT2D eigenvalue weighted by Gasteiger charge is -2.13. The van der Waals surface area contributed by atoms with Gasteiger partial charge in [0.15, 0.2) is 0 Å². The summed E-state index contributed by atoms with van der Waals surface area (Å²) >= 11 is 6.89. The molecule has 0 saturated carbocycles. The van der Waals surface area contributed by atoms with Crippen LogP contribution in [0.15, 0.2) is 65.6 Å². The maximum atomic E-state index is 12.8. The van der Waals surface area contributed by atoms with Crippen molar-refractivity contribution >= 4 is 57.0 Å². The fraction of sp³-hybridized carbons (Fsp3) is 0.0476. The predicted molar refractivity (Wildman–Crippen MR) is 114 cm³/mol. The van der Waals surface area contributed by atoms with E-state index >= 15 is 0 Å². The molecular formula is C21H13ClN2O4S. The summed E-state index contributed by atoms with van der Waals surface area (Å²) in [7, 11) is 0. The minimum absolute atomic E-state index is 0.143. The molecule has 2 amide bonds. The van der Waals surface area contributed by atoms with Crippen molar-refractivity contribution in [2.24, 2.45) is 0 Å². The van der Waals surface area contributed by atoms with E-state index in [4.69, 9.17) is 11.6 Å². The molecule has 0 unspecified atom stereocenters. The first-order valence-corrected chi connectivity index (χ1v) is 9.79. The quantitative estimate of drug-likeness (QED) is 0.307. The first kappa shape index (κ1) is 19.2. The van der Waals surface area contributed by atoms with E-state index in [9.17, 15) is 19.7 Å². The van der Waals surface area contributed by atoms with Crippen molar-refractivity contribution in [2.45, 2.75) is 6.54 Å². The van der Waals surface area contributed by atoms with Crippen molar-refractivity contribution in [3.63, 3.8) is 0 Å². The second-order valence-electron chi connectivity index (χ2n) is 6.41. The van der Waals surface area contributed by atoms with Gasteiger partial charge in [0, 0.05) is 22.7 Å². The predicted octanol–water partition coefficient (Wildman–Crippen LogP) is 5.64. The van der Waals surface area contributed by atoms with E-state index in [1.807, 2.05) is 42.5 Å². The number of nitro benzene ring substituents is 1. The molecule has 0 N–H and O–H groups in total. The normalized spacial score (nSPS) is 15.5. The number of benzene rings is 3. The molecule has 1 aliphatic heterocycles. The molecule has 29 heavy (non-hydrogen) atoms. The standard InChI is InChI=1S/C21H13ClN2O4S/c22-18-8-7-17(24(27)28)10-16(18)11-19-20(25)23(21(26)29-19)12-13-5-6-14-3-1-2-4-15(14)9-13/h1-11H,12H2/b19-11-. The Hall–Kier alpha value is -3.16. The average Bonchev–Trinajstić information content (AvgIpc) is 2.96. The third-order valence-electron chi connectivity index (χ3n) is 4.51. The number of hydrogen-bond donors (Lipinski definition) is 0. The number of nitrogens with zero attached hydrogens (tertiary/aromatic N) is 2. The molecule has 0 aromatic heterocycles. The van der Waals surface area contributed by atoms with Crippen LogP contribution < -0.4 is 0 Å². The molecule has 0 bridgehead atoms. The fourth-order valence-corrected chi connectivity index (χ4v) is 4.05. The third kappa shape index (κ3) is 3.87. The smallest absolute Gasteiger partial charge is 0.268 e. The number of thioether (sulfide) groups is 1. The van der Waals surface area contributed by atoms with Gasteiger partial charge in [-0.1, -0.05) is 48.0 Å². The summed E-state index contributed by atoms with van der Waals surface area (Å²) < 4.78 is 0. The Morgan fingerprint density at radius 2 is 1.79 bits per heavy atom. The second-order valence-corrected chi connectivity index (χ2v) is 7.81. The van der Waals surface area contributed by atoms with Gasteiger partial charge >= 0.3 is 0 Å². The van der Waals surface area contributed by atoms with Crippen molar-refractivity contribution in [2.75, 3.05) is 0 Å². The summed E-state index contributed by atoms with van der Waals surface area (Å²) in [5.41, 5.74) is 1.01. The SMILES string of the molecule is O=C1S/C(=C\c2cc([N+](=O)[O-])ccc2Cl)C(=O)N1Cc1ccc2ccccc2c1. The van der Waals surface area contributed by atoms with Crippen LogP contribution in [0, 0.1) is 10.1 Å². The van der Waals surface area contributed by atoms with Crippen molar-refractivity contribution < 1.29 is 14.5 Å². The van der Waals surface area contributed by atoms with Gasteiger partial charge in [-0.05, 0) is 46.3 Å². The van der Waals surface area contributed by atoms with Gasteiger partial charge in [-0.2, -0.15) is 0 Å². The number of carbonyl (C=O) groups is 2. The van der Waals surface area contributed by atoms with Gasteiger partial charge in [0.05, 0.1) is 16.4 Å². The third-order valence-corrected chi connectivity index (χ3v) is 5.76. The highest BCUT2D eigenvalue weighted by Gasteiger charge is 2.35. The first-order valence-electron chi connectivity index (χ1n) is 8.59. The van der Waals surface area contributed by atoms with E-state index in [0.717, 1.165) is 33.0 Å². The number of amides is 2. The molecular weight excluding hydrogens is 412 g/mol. The summed E-state index contributed by atoms with van der Waals surface area (Å²) in [5, 5.41) is 12.9. The lowest BCUT2D eigenvalue weighted by atomic mass is 10.1. The zero-order valence-electron chi connectivity index (χ0n) is 14.9. The van der Waals surface area contributed by atoms with Crippen LogP contribution in [-0.4, -0.2) is 21.0 Å². The Bertz CT molecular complexity index is 1210. The van der Waals surface area contributed by atoms with Gasteiger partial charge in [-0.15, -0.1) is 0 Å². The number of hydrogen-bond acceptors (Lipinski definition) is 5. The maximum absolute atomic E-state index is 12.8. The van der Waals surface area contributed by atoms with E-state index in [2.05, 4.69) is 0 Å². The van der Waals surface area contributed by atoms with Crippen LogP contribution in [0.25, 0.3) is 16.8 Å². The molecule has 0 radical (unpaired) electrons. The van der Waals surface area contributed by atoms with Gasteiger partial charge in [-0.3, -0.25) is 24.6 Å². The molecule has 144 valence electrons. The number of imide groups is 1. The zero-order valence-corrected chi connectivity index (χ0v) is 16.4.